The summed E-state index contributed by atoms with van der Waals surface area (Å²) in [5.74, 6) is -0.592. The topological polar surface area (TPSA) is 75.5 Å². The van der Waals surface area contributed by atoms with Crippen molar-refractivity contribution in [1.29, 1.82) is 0 Å². The number of pyridine rings is 1. The van der Waals surface area contributed by atoms with Gasteiger partial charge in [0.05, 0.1) is 16.2 Å². The zero-order valence-corrected chi connectivity index (χ0v) is 15.8. The lowest BCUT2D eigenvalue weighted by molar-refractivity contribution is 0.0950. The van der Waals surface area contributed by atoms with Crippen LogP contribution in [0.2, 0.25) is 5.02 Å². The van der Waals surface area contributed by atoms with E-state index in [1.54, 1.807) is 53.1 Å². The van der Waals surface area contributed by atoms with Crippen molar-refractivity contribution >= 4 is 34.6 Å². The first-order valence-electron chi connectivity index (χ1n) is 8.93. The molecule has 27 heavy (non-hydrogen) atoms. The second kappa shape index (κ2) is 8.68. The van der Waals surface area contributed by atoms with Gasteiger partial charge < -0.3 is 10.6 Å². The summed E-state index contributed by atoms with van der Waals surface area (Å²) in [5, 5.41) is 6.05. The number of nitrogens with zero attached hydrogens (tertiary/aromatic N) is 2. The Morgan fingerprint density at radius 1 is 1.07 bits per heavy atom. The first-order chi connectivity index (χ1) is 13.1. The molecule has 3 aromatic rings. The van der Waals surface area contributed by atoms with Gasteiger partial charge in [-0.1, -0.05) is 49.6 Å². The van der Waals surface area contributed by atoms with Crippen molar-refractivity contribution in [2.75, 3.05) is 11.9 Å². The highest BCUT2D eigenvalue weighted by Crippen LogP contribution is 2.22. The highest BCUT2D eigenvalue weighted by Gasteiger charge is 2.21. The summed E-state index contributed by atoms with van der Waals surface area (Å²) in [5.41, 5.74) is 1.30. The van der Waals surface area contributed by atoms with Crippen LogP contribution in [-0.2, 0) is 0 Å². The molecule has 0 aliphatic carbocycles. The largest absolute Gasteiger partial charge is 0.351 e. The molecule has 2 N–H and O–H groups in total. The SMILES string of the molecule is CCCCCNC(=O)c1nc(C(=O)Nc2ccccc2Cl)n2ccccc12. The molecule has 0 fully saturated rings. The van der Waals surface area contributed by atoms with Gasteiger partial charge in [0.1, 0.15) is 0 Å². The number of benzene rings is 1. The van der Waals surface area contributed by atoms with Crippen molar-refractivity contribution in [3.63, 3.8) is 0 Å². The Kier molecular flexibility index (Phi) is 6.08. The Morgan fingerprint density at radius 3 is 2.63 bits per heavy atom. The fourth-order valence-electron chi connectivity index (χ4n) is 2.77. The van der Waals surface area contributed by atoms with Gasteiger partial charge in [0.2, 0.25) is 5.82 Å². The second-order valence-corrected chi connectivity index (χ2v) is 6.54. The number of anilines is 1. The lowest BCUT2D eigenvalue weighted by Crippen LogP contribution is -2.25. The van der Waals surface area contributed by atoms with Crippen molar-refractivity contribution in [2.24, 2.45) is 0 Å². The minimum absolute atomic E-state index is 0.129. The van der Waals surface area contributed by atoms with Crippen LogP contribution in [0.5, 0.6) is 0 Å². The van der Waals surface area contributed by atoms with Crippen molar-refractivity contribution in [2.45, 2.75) is 26.2 Å². The van der Waals surface area contributed by atoms with E-state index in [-0.39, 0.29) is 17.4 Å². The van der Waals surface area contributed by atoms with Crippen LogP contribution in [0.4, 0.5) is 5.69 Å². The van der Waals surface area contributed by atoms with Crippen LogP contribution in [0.25, 0.3) is 5.52 Å². The van der Waals surface area contributed by atoms with E-state index < -0.39 is 5.91 Å². The summed E-state index contributed by atoms with van der Waals surface area (Å²) < 4.78 is 1.60. The molecule has 7 heteroatoms. The molecule has 0 bridgehead atoms. The van der Waals surface area contributed by atoms with Crippen molar-refractivity contribution < 1.29 is 9.59 Å². The molecule has 0 radical (unpaired) electrons. The van der Waals surface area contributed by atoms with E-state index in [2.05, 4.69) is 22.5 Å². The lowest BCUT2D eigenvalue weighted by Gasteiger charge is -2.06. The van der Waals surface area contributed by atoms with Gasteiger partial charge in [-0.2, -0.15) is 0 Å². The zero-order valence-electron chi connectivity index (χ0n) is 15.0. The smallest absolute Gasteiger partial charge is 0.292 e. The zero-order chi connectivity index (χ0) is 19.2. The fraction of sp³-hybridized carbons (Fsp3) is 0.250. The van der Waals surface area contributed by atoms with Crippen molar-refractivity contribution in [1.82, 2.24) is 14.7 Å². The number of para-hydroxylation sites is 1. The first kappa shape index (κ1) is 18.9. The van der Waals surface area contributed by atoms with E-state index in [1.807, 2.05) is 0 Å². The lowest BCUT2D eigenvalue weighted by atomic mass is 10.2. The van der Waals surface area contributed by atoms with Crippen LogP contribution in [0.1, 0.15) is 47.3 Å². The molecule has 0 aliphatic rings. The summed E-state index contributed by atoms with van der Waals surface area (Å²) >= 11 is 6.11. The summed E-state index contributed by atoms with van der Waals surface area (Å²) in [6, 6.07) is 12.3. The van der Waals surface area contributed by atoms with E-state index >= 15 is 0 Å². The Hall–Kier alpha value is -2.86. The van der Waals surface area contributed by atoms with Gasteiger partial charge in [0, 0.05) is 12.7 Å². The highest BCUT2D eigenvalue weighted by atomic mass is 35.5. The predicted molar refractivity (Wildman–Crippen MR) is 106 cm³/mol. The Balaban J connectivity index is 1.87. The summed E-state index contributed by atoms with van der Waals surface area (Å²) in [7, 11) is 0. The predicted octanol–water partition coefficient (Wildman–Crippen LogP) is 4.16. The van der Waals surface area contributed by atoms with Gasteiger partial charge in [0.25, 0.3) is 11.8 Å². The fourth-order valence-corrected chi connectivity index (χ4v) is 2.95. The minimum atomic E-state index is -0.436. The third-order valence-electron chi connectivity index (χ3n) is 4.15. The van der Waals surface area contributed by atoms with E-state index in [9.17, 15) is 9.59 Å². The highest BCUT2D eigenvalue weighted by molar-refractivity contribution is 6.33. The Morgan fingerprint density at radius 2 is 1.85 bits per heavy atom. The van der Waals surface area contributed by atoms with Crippen LogP contribution in [0.15, 0.2) is 48.7 Å². The molecular formula is C20H21ClN4O2. The number of aromatic nitrogens is 2. The molecule has 0 unspecified atom stereocenters. The Labute approximate surface area is 162 Å². The molecule has 0 saturated heterocycles. The van der Waals surface area contributed by atoms with Gasteiger partial charge in [-0.15, -0.1) is 0 Å². The van der Waals surface area contributed by atoms with Crippen molar-refractivity contribution in [3.8, 4) is 0 Å². The third kappa shape index (κ3) is 4.28. The van der Waals surface area contributed by atoms with Gasteiger partial charge in [-0.25, -0.2) is 4.98 Å². The van der Waals surface area contributed by atoms with Gasteiger partial charge in [-0.3, -0.25) is 14.0 Å². The molecule has 2 heterocycles. The number of rotatable bonds is 7. The number of nitrogens with one attached hydrogen (secondary N) is 2. The maximum Gasteiger partial charge on any atom is 0.292 e. The molecule has 0 atom stereocenters. The van der Waals surface area contributed by atoms with Crippen molar-refractivity contribution in [3.05, 3.63) is 65.2 Å². The first-order valence-corrected chi connectivity index (χ1v) is 9.30. The molecule has 0 spiro atoms. The molecule has 0 aliphatic heterocycles. The average molecular weight is 385 g/mol. The number of hydrogen-bond donors (Lipinski definition) is 2. The normalized spacial score (nSPS) is 10.7. The average Bonchev–Trinajstić information content (AvgIpc) is 3.07. The van der Waals surface area contributed by atoms with Crippen LogP contribution < -0.4 is 10.6 Å². The third-order valence-corrected chi connectivity index (χ3v) is 4.48. The van der Waals surface area contributed by atoms with E-state index in [1.165, 1.54) is 0 Å². The number of carbonyl (C=O) groups excluding carboxylic acids is 2. The van der Waals surface area contributed by atoms with Gasteiger partial charge >= 0.3 is 0 Å². The molecule has 140 valence electrons. The number of fused-ring (bicyclic) bond motifs is 1. The monoisotopic (exact) mass is 384 g/mol. The molecule has 2 amide bonds. The number of carbonyl (C=O) groups is 2. The molecule has 2 aromatic heterocycles. The number of unbranched alkanes of at least 4 members (excludes halogenated alkanes) is 2. The maximum atomic E-state index is 12.7. The number of halogens is 1. The summed E-state index contributed by atoms with van der Waals surface area (Å²) in [6.45, 7) is 2.69. The van der Waals surface area contributed by atoms with E-state index in [4.69, 9.17) is 11.6 Å². The van der Waals surface area contributed by atoms with Crippen LogP contribution >= 0.6 is 11.6 Å². The number of imidazole rings is 1. The minimum Gasteiger partial charge on any atom is -0.351 e. The molecule has 1 aromatic carbocycles. The van der Waals surface area contributed by atoms with E-state index in [0.717, 1.165) is 19.3 Å². The number of hydrogen-bond acceptors (Lipinski definition) is 3. The van der Waals surface area contributed by atoms with Crippen LogP contribution in [0, 0.1) is 0 Å². The number of amides is 2. The summed E-state index contributed by atoms with van der Waals surface area (Å²) in [6.07, 6.45) is 4.75. The molecule has 3 rings (SSSR count). The second-order valence-electron chi connectivity index (χ2n) is 6.14. The summed E-state index contributed by atoms with van der Waals surface area (Å²) in [4.78, 5) is 29.6. The molecular weight excluding hydrogens is 364 g/mol. The quantitative estimate of drug-likeness (QED) is 0.600. The molecule has 6 nitrogen and oxygen atoms in total. The van der Waals surface area contributed by atoms with Gasteiger partial charge in [0.15, 0.2) is 5.69 Å². The van der Waals surface area contributed by atoms with E-state index in [0.29, 0.717) is 22.8 Å². The maximum absolute atomic E-state index is 12.7. The Bertz CT molecular complexity index is 968. The van der Waals surface area contributed by atoms with Crippen LogP contribution in [-0.4, -0.2) is 27.7 Å². The van der Waals surface area contributed by atoms with Gasteiger partial charge in [-0.05, 0) is 30.7 Å². The standard InChI is InChI=1S/C20H21ClN4O2/c1-2-3-7-12-22-19(26)17-16-11-6-8-13-25(16)18(24-17)20(27)23-15-10-5-4-9-14(15)21/h4-6,8-11,13H,2-3,7,12H2,1H3,(H,22,26)(H,23,27). The van der Waals surface area contributed by atoms with Crippen LogP contribution in [0.3, 0.4) is 0 Å². The molecule has 0 saturated carbocycles.